The van der Waals surface area contributed by atoms with Gasteiger partial charge in [-0.25, -0.2) is 4.79 Å². The number of methoxy groups -OCH3 is 1. The van der Waals surface area contributed by atoms with Crippen molar-refractivity contribution in [3.8, 4) is 0 Å². The van der Waals surface area contributed by atoms with E-state index in [9.17, 15) is 4.79 Å². The average molecular weight is 332 g/mol. The number of nitrogens with zero attached hydrogens (tertiary/aromatic N) is 1. The second-order valence-electron chi connectivity index (χ2n) is 6.90. The van der Waals surface area contributed by atoms with Crippen molar-refractivity contribution in [1.82, 2.24) is 4.90 Å². The van der Waals surface area contributed by atoms with Crippen molar-refractivity contribution in [2.24, 2.45) is 5.73 Å². The molecule has 2 aliphatic rings. The summed E-state index contributed by atoms with van der Waals surface area (Å²) in [5.74, 6) is 0.645. The van der Waals surface area contributed by atoms with Crippen LogP contribution < -0.4 is 5.73 Å². The van der Waals surface area contributed by atoms with E-state index in [-0.39, 0.29) is 24.3 Å². The summed E-state index contributed by atoms with van der Waals surface area (Å²) < 4.78 is 11.0. The van der Waals surface area contributed by atoms with Crippen LogP contribution in [0.15, 0.2) is 30.3 Å². The summed E-state index contributed by atoms with van der Waals surface area (Å²) in [6.45, 7) is 1.17. The van der Waals surface area contributed by atoms with Crippen LogP contribution in [0.5, 0.6) is 0 Å². The van der Waals surface area contributed by atoms with Crippen LogP contribution in [0.2, 0.25) is 0 Å². The third-order valence-corrected chi connectivity index (χ3v) is 5.45. The zero-order valence-electron chi connectivity index (χ0n) is 14.4. The van der Waals surface area contributed by atoms with Gasteiger partial charge >= 0.3 is 6.09 Å². The Kier molecular flexibility index (Phi) is 5.74. The third kappa shape index (κ3) is 3.90. The predicted molar refractivity (Wildman–Crippen MR) is 92.9 cm³/mol. The molecule has 1 aliphatic carbocycles. The SMILES string of the molecule is COC(=O)N1CCC(N)C1COC1CCC(c2ccccc2)CC1. The molecule has 5 nitrogen and oxygen atoms in total. The van der Waals surface area contributed by atoms with Crippen molar-refractivity contribution in [2.75, 3.05) is 20.3 Å². The van der Waals surface area contributed by atoms with Crippen LogP contribution in [0.4, 0.5) is 4.79 Å². The molecule has 132 valence electrons. The Morgan fingerprint density at radius 2 is 1.88 bits per heavy atom. The number of ether oxygens (including phenoxy) is 2. The summed E-state index contributed by atoms with van der Waals surface area (Å²) in [4.78, 5) is 13.5. The molecule has 1 aliphatic heterocycles. The summed E-state index contributed by atoms with van der Waals surface area (Å²) in [6, 6.07) is 10.6. The van der Waals surface area contributed by atoms with Crippen molar-refractivity contribution in [3.63, 3.8) is 0 Å². The quantitative estimate of drug-likeness (QED) is 0.921. The smallest absolute Gasteiger partial charge is 0.409 e. The molecule has 1 heterocycles. The first-order valence-electron chi connectivity index (χ1n) is 8.95. The van der Waals surface area contributed by atoms with Gasteiger partial charge in [-0.1, -0.05) is 30.3 Å². The lowest BCUT2D eigenvalue weighted by Gasteiger charge is -2.31. The maximum absolute atomic E-state index is 11.8. The highest BCUT2D eigenvalue weighted by atomic mass is 16.5. The maximum Gasteiger partial charge on any atom is 0.409 e. The van der Waals surface area contributed by atoms with Gasteiger partial charge in [-0.3, -0.25) is 0 Å². The lowest BCUT2D eigenvalue weighted by molar-refractivity contribution is -0.00461. The Hall–Kier alpha value is -1.59. The first-order valence-corrected chi connectivity index (χ1v) is 8.95. The molecule has 2 atom stereocenters. The summed E-state index contributed by atoms with van der Waals surface area (Å²) in [5, 5.41) is 0. The van der Waals surface area contributed by atoms with Gasteiger partial charge in [0.05, 0.1) is 25.9 Å². The summed E-state index contributed by atoms with van der Waals surface area (Å²) >= 11 is 0. The minimum Gasteiger partial charge on any atom is -0.453 e. The molecular formula is C19H28N2O3. The Balaban J connectivity index is 1.47. The van der Waals surface area contributed by atoms with Crippen LogP contribution >= 0.6 is 0 Å². The van der Waals surface area contributed by atoms with E-state index in [4.69, 9.17) is 15.2 Å². The van der Waals surface area contributed by atoms with Gasteiger partial charge in [0, 0.05) is 12.6 Å². The van der Waals surface area contributed by atoms with Gasteiger partial charge in [0.25, 0.3) is 0 Å². The Morgan fingerprint density at radius 3 is 2.54 bits per heavy atom. The molecule has 0 bridgehead atoms. The second-order valence-corrected chi connectivity index (χ2v) is 6.90. The van der Waals surface area contributed by atoms with Crippen molar-refractivity contribution in [2.45, 2.75) is 56.2 Å². The predicted octanol–water partition coefficient (Wildman–Crippen LogP) is 2.90. The summed E-state index contributed by atoms with van der Waals surface area (Å²) in [7, 11) is 1.41. The highest BCUT2D eigenvalue weighted by Gasteiger charge is 2.36. The van der Waals surface area contributed by atoms with Gasteiger partial charge in [-0.15, -0.1) is 0 Å². The number of rotatable bonds is 4. The first kappa shape index (κ1) is 17.2. The van der Waals surface area contributed by atoms with Crippen LogP contribution in [-0.2, 0) is 9.47 Å². The van der Waals surface area contributed by atoms with E-state index in [0.717, 1.165) is 32.1 Å². The molecule has 5 heteroatoms. The molecule has 0 spiro atoms. The lowest BCUT2D eigenvalue weighted by atomic mass is 9.83. The van der Waals surface area contributed by atoms with Gasteiger partial charge in [-0.2, -0.15) is 0 Å². The third-order valence-electron chi connectivity index (χ3n) is 5.45. The van der Waals surface area contributed by atoms with E-state index in [0.29, 0.717) is 19.1 Å². The van der Waals surface area contributed by atoms with Crippen molar-refractivity contribution in [3.05, 3.63) is 35.9 Å². The summed E-state index contributed by atoms with van der Waals surface area (Å²) in [6.07, 6.45) is 5.24. The van der Waals surface area contributed by atoms with E-state index in [1.54, 1.807) is 4.90 Å². The topological polar surface area (TPSA) is 64.8 Å². The molecule has 1 amide bonds. The molecule has 1 aromatic rings. The molecule has 24 heavy (non-hydrogen) atoms. The number of hydrogen-bond donors (Lipinski definition) is 1. The number of likely N-dealkylation sites (tertiary alicyclic amines) is 1. The second kappa shape index (κ2) is 7.99. The molecule has 2 fully saturated rings. The highest BCUT2D eigenvalue weighted by molar-refractivity contribution is 5.68. The van der Waals surface area contributed by atoms with E-state index in [1.807, 2.05) is 0 Å². The zero-order valence-corrected chi connectivity index (χ0v) is 14.4. The van der Waals surface area contributed by atoms with E-state index < -0.39 is 0 Å². The van der Waals surface area contributed by atoms with E-state index in [1.165, 1.54) is 12.7 Å². The molecule has 0 radical (unpaired) electrons. The van der Waals surface area contributed by atoms with Gasteiger partial charge in [-0.05, 0) is 43.6 Å². The highest BCUT2D eigenvalue weighted by Crippen LogP contribution is 2.34. The Morgan fingerprint density at radius 1 is 1.17 bits per heavy atom. The lowest BCUT2D eigenvalue weighted by Crippen LogP contribution is -2.46. The standard InChI is InChI=1S/C19H28N2O3/c1-23-19(22)21-12-11-17(20)18(21)13-24-16-9-7-15(8-10-16)14-5-3-2-4-6-14/h2-6,15-18H,7-13,20H2,1H3. The first-order chi connectivity index (χ1) is 11.7. The minimum atomic E-state index is -0.302. The average Bonchev–Trinajstić information content (AvgIpc) is 3.01. The minimum absolute atomic E-state index is 0.0234. The maximum atomic E-state index is 11.8. The number of hydrogen-bond acceptors (Lipinski definition) is 4. The molecule has 1 saturated carbocycles. The number of benzene rings is 1. The number of carbonyl (C=O) groups excluding carboxylic acids is 1. The van der Waals surface area contributed by atoms with Crippen LogP contribution in [0.3, 0.4) is 0 Å². The zero-order chi connectivity index (χ0) is 16.9. The monoisotopic (exact) mass is 332 g/mol. The molecule has 2 unspecified atom stereocenters. The fraction of sp³-hybridized carbons (Fsp3) is 0.632. The molecule has 0 aromatic heterocycles. The normalized spacial score (nSPS) is 30.3. The van der Waals surface area contributed by atoms with Gasteiger partial charge in [0.2, 0.25) is 0 Å². The Labute approximate surface area is 144 Å². The largest absolute Gasteiger partial charge is 0.453 e. The van der Waals surface area contributed by atoms with Gasteiger partial charge < -0.3 is 20.1 Å². The van der Waals surface area contributed by atoms with Crippen molar-refractivity contribution in [1.29, 1.82) is 0 Å². The number of carbonyl (C=O) groups is 1. The fourth-order valence-corrected chi connectivity index (χ4v) is 3.96. The van der Waals surface area contributed by atoms with E-state index >= 15 is 0 Å². The molecule has 1 aromatic carbocycles. The fourth-order valence-electron chi connectivity index (χ4n) is 3.96. The van der Waals surface area contributed by atoms with Crippen LogP contribution in [0, 0.1) is 0 Å². The number of nitrogens with two attached hydrogens (primary N) is 1. The van der Waals surface area contributed by atoms with Gasteiger partial charge in [0.1, 0.15) is 0 Å². The van der Waals surface area contributed by atoms with Crippen molar-refractivity contribution >= 4 is 6.09 Å². The summed E-state index contributed by atoms with van der Waals surface area (Å²) in [5.41, 5.74) is 7.58. The van der Waals surface area contributed by atoms with Crippen molar-refractivity contribution < 1.29 is 14.3 Å². The number of amides is 1. The Bertz CT molecular complexity index is 529. The molecule has 2 N–H and O–H groups in total. The van der Waals surface area contributed by atoms with Crippen LogP contribution in [0.1, 0.15) is 43.6 Å². The molecular weight excluding hydrogens is 304 g/mol. The van der Waals surface area contributed by atoms with Crippen LogP contribution in [0.25, 0.3) is 0 Å². The van der Waals surface area contributed by atoms with Gasteiger partial charge in [0.15, 0.2) is 0 Å². The molecule has 1 saturated heterocycles. The van der Waals surface area contributed by atoms with E-state index in [2.05, 4.69) is 30.3 Å². The molecule has 3 rings (SSSR count). The van der Waals surface area contributed by atoms with Crippen LogP contribution in [-0.4, -0.2) is 49.4 Å².